The standard InChI is InChI=1S/C17H13BrCl2FNO3/c1-2-9-5-6-16(19)14(24)22(8-18)15(25)17(16,20)13(9)10-3-4-12(23)11(21)7-10/h2-5,7,13,23H,1,6,8H2/t13-,16-,17+/m1/s1. The summed E-state index contributed by atoms with van der Waals surface area (Å²) in [5, 5.41) is 9.44. The average molecular weight is 449 g/mol. The van der Waals surface area contributed by atoms with Gasteiger partial charge in [0.15, 0.2) is 21.3 Å². The molecular formula is C17H13BrCl2FNO3. The molecule has 1 N–H and O–H groups in total. The molecule has 3 atom stereocenters. The minimum atomic E-state index is -1.83. The van der Waals surface area contributed by atoms with Gasteiger partial charge in [0.25, 0.3) is 11.8 Å². The van der Waals surface area contributed by atoms with Crippen LogP contribution in [0.3, 0.4) is 0 Å². The third kappa shape index (κ3) is 2.31. The fourth-order valence-electron chi connectivity index (χ4n) is 3.46. The van der Waals surface area contributed by atoms with E-state index < -0.39 is 39.0 Å². The fraction of sp³-hybridized carbons (Fsp3) is 0.294. The van der Waals surface area contributed by atoms with E-state index in [0.29, 0.717) is 11.1 Å². The Labute approximate surface area is 162 Å². The highest BCUT2D eigenvalue weighted by Crippen LogP contribution is 2.59. The summed E-state index contributed by atoms with van der Waals surface area (Å²) in [6.45, 7) is 3.72. The summed E-state index contributed by atoms with van der Waals surface area (Å²) in [5.74, 6) is -3.54. The highest BCUT2D eigenvalue weighted by Gasteiger charge is 2.72. The zero-order chi connectivity index (χ0) is 18.6. The third-order valence-corrected chi connectivity index (χ3v) is 6.64. The second kappa shape index (κ2) is 6.11. The average Bonchev–Trinajstić information content (AvgIpc) is 2.74. The van der Waals surface area contributed by atoms with Crippen molar-refractivity contribution < 1.29 is 19.1 Å². The van der Waals surface area contributed by atoms with E-state index in [0.717, 1.165) is 11.0 Å². The molecule has 1 fully saturated rings. The summed E-state index contributed by atoms with van der Waals surface area (Å²) in [5.41, 5.74) is 0.834. The third-order valence-electron chi connectivity index (χ3n) is 4.73. The van der Waals surface area contributed by atoms with Crippen molar-refractivity contribution in [2.24, 2.45) is 0 Å². The van der Waals surface area contributed by atoms with Crippen molar-refractivity contribution in [1.82, 2.24) is 4.90 Å². The lowest BCUT2D eigenvalue weighted by Gasteiger charge is -2.42. The van der Waals surface area contributed by atoms with E-state index >= 15 is 0 Å². The number of rotatable bonds is 3. The molecule has 4 nitrogen and oxygen atoms in total. The molecule has 0 bridgehead atoms. The number of phenolic OH excluding ortho intramolecular Hbond substituents is 1. The van der Waals surface area contributed by atoms with Crippen LogP contribution in [0.15, 0.2) is 42.5 Å². The molecule has 1 aliphatic heterocycles. The van der Waals surface area contributed by atoms with Gasteiger partial charge in [0.2, 0.25) is 0 Å². The molecule has 3 rings (SSSR count). The number of allylic oxidation sites excluding steroid dienone is 3. The van der Waals surface area contributed by atoms with Crippen LogP contribution in [0.5, 0.6) is 5.75 Å². The maximum atomic E-state index is 13.9. The number of alkyl halides is 3. The van der Waals surface area contributed by atoms with Gasteiger partial charge in [0.1, 0.15) is 0 Å². The van der Waals surface area contributed by atoms with Crippen molar-refractivity contribution in [3.8, 4) is 5.75 Å². The van der Waals surface area contributed by atoms with Gasteiger partial charge >= 0.3 is 0 Å². The molecule has 0 unspecified atom stereocenters. The number of likely N-dealkylation sites (tertiary alicyclic amines) is 1. The van der Waals surface area contributed by atoms with Gasteiger partial charge in [0.05, 0.1) is 5.45 Å². The SMILES string of the molecule is C=CC1=CC[C@@]2(Cl)C(=O)N(CBr)C(=O)[C@@]2(Cl)[C@H]1c1ccc(O)c(F)c1. The van der Waals surface area contributed by atoms with E-state index in [1.165, 1.54) is 18.2 Å². The monoisotopic (exact) mass is 447 g/mol. The lowest BCUT2D eigenvalue weighted by molar-refractivity contribution is -0.138. The lowest BCUT2D eigenvalue weighted by Crippen LogP contribution is -2.54. The molecule has 0 aromatic heterocycles. The van der Waals surface area contributed by atoms with E-state index in [1.54, 1.807) is 6.08 Å². The number of fused-ring (bicyclic) bond motifs is 1. The minimum Gasteiger partial charge on any atom is -0.505 e. The van der Waals surface area contributed by atoms with E-state index in [9.17, 15) is 19.1 Å². The zero-order valence-electron chi connectivity index (χ0n) is 12.8. The summed E-state index contributed by atoms with van der Waals surface area (Å²) < 4.78 is 13.9. The van der Waals surface area contributed by atoms with Crippen molar-refractivity contribution >= 4 is 50.9 Å². The van der Waals surface area contributed by atoms with Crippen LogP contribution in [0.1, 0.15) is 17.9 Å². The fourth-order valence-corrected chi connectivity index (χ4v) is 4.79. The molecule has 132 valence electrons. The molecule has 25 heavy (non-hydrogen) atoms. The van der Waals surface area contributed by atoms with Crippen molar-refractivity contribution in [2.45, 2.75) is 22.1 Å². The molecular weight excluding hydrogens is 436 g/mol. The number of carbonyl (C=O) groups excluding carboxylic acids is 2. The molecule has 0 spiro atoms. The Morgan fingerprint density at radius 2 is 2.08 bits per heavy atom. The topological polar surface area (TPSA) is 57.6 Å². The number of aromatic hydroxyl groups is 1. The highest BCUT2D eigenvalue weighted by molar-refractivity contribution is 9.09. The maximum Gasteiger partial charge on any atom is 0.254 e. The number of nitrogens with zero attached hydrogens (tertiary/aromatic N) is 1. The van der Waals surface area contributed by atoms with Gasteiger partial charge in [0, 0.05) is 5.92 Å². The summed E-state index contributed by atoms with van der Waals surface area (Å²) in [4.78, 5) is 23.1. The van der Waals surface area contributed by atoms with Crippen molar-refractivity contribution in [3.05, 3.63) is 53.9 Å². The second-order valence-corrected chi connectivity index (χ2v) is 7.67. The van der Waals surface area contributed by atoms with E-state index in [1.807, 2.05) is 0 Å². The van der Waals surface area contributed by atoms with Gasteiger partial charge < -0.3 is 5.11 Å². The molecule has 2 aliphatic rings. The smallest absolute Gasteiger partial charge is 0.254 e. The Morgan fingerprint density at radius 1 is 1.40 bits per heavy atom. The number of hydrogen-bond donors (Lipinski definition) is 1. The van der Waals surface area contributed by atoms with Crippen molar-refractivity contribution in [3.63, 3.8) is 0 Å². The van der Waals surface area contributed by atoms with Gasteiger partial charge in [-0.1, -0.05) is 40.7 Å². The predicted molar refractivity (Wildman–Crippen MR) is 96.5 cm³/mol. The lowest BCUT2D eigenvalue weighted by atomic mass is 9.68. The number of benzene rings is 1. The number of carbonyl (C=O) groups is 2. The van der Waals surface area contributed by atoms with Crippen LogP contribution in [-0.2, 0) is 9.59 Å². The molecule has 0 radical (unpaired) electrons. The summed E-state index contributed by atoms with van der Waals surface area (Å²) in [7, 11) is 0. The van der Waals surface area contributed by atoms with Crippen LogP contribution in [0.25, 0.3) is 0 Å². The quantitative estimate of drug-likeness (QED) is 0.434. The first-order valence-electron chi connectivity index (χ1n) is 7.33. The van der Waals surface area contributed by atoms with Gasteiger partial charge in [-0.15, -0.1) is 23.2 Å². The number of amides is 2. The summed E-state index contributed by atoms with van der Waals surface area (Å²) in [6, 6.07) is 3.69. The number of phenols is 1. The van der Waals surface area contributed by atoms with Crippen molar-refractivity contribution in [2.75, 3.05) is 5.45 Å². The molecule has 2 amide bonds. The van der Waals surface area contributed by atoms with Gasteiger partial charge in [-0.2, -0.15) is 0 Å². The Balaban J connectivity index is 2.27. The van der Waals surface area contributed by atoms with Crippen LogP contribution in [0.2, 0.25) is 0 Å². The predicted octanol–water partition coefficient (Wildman–Crippen LogP) is 3.81. The number of imide groups is 1. The number of halogens is 4. The van der Waals surface area contributed by atoms with E-state index in [2.05, 4.69) is 22.5 Å². The van der Waals surface area contributed by atoms with Crippen LogP contribution >= 0.6 is 39.1 Å². The molecule has 1 aromatic carbocycles. The van der Waals surface area contributed by atoms with E-state index in [-0.39, 0.29) is 11.9 Å². The first-order valence-corrected chi connectivity index (χ1v) is 9.21. The molecule has 0 saturated carbocycles. The van der Waals surface area contributed by atoms with Crippen molar-refractivity contribution in [1.29, 1.82) is 0 Å². The first-order chi connectivity index (χ1) is 11.7. The van der Waals surface area contributed by atoms with Crippen LogP contribution in [-0.4, -0.2) is 37.0 Å². The Kier molecular flexibility index (Phi) is 4.50. The normalized spacial score (nSPS) is 31.8. The molecule has 8 heteroatoms. The van der Waals surface area contributed by atoms with Gasteiger partial charge in [-0.05, 0) is 29.7 Å². The summed E-state index contributed by atoms with van der Waals surface area (Å²) >= 11 is 16.4. The largest absolute Gasteiger partial charge is 0.505 e. The van der Waals surface area contributed by atoms with Gasteiger partial charge in [-0.3, -0.25) is 14.5 Å². The van der Waals surface area contributed by atoms with Gasteiger partial charge in [-0.25, -0.2) is 4.39 Å². The molecule has 1 aliphatic carbocycles. The van der Waals surface area contributed by atoms with E-state index in [4.69, 9.17) is 23.2 Å². The Bertz CT molecular complexity index is 830. The number of hydrogen-bond acceptors (Lipinski definition) is 3. The molecule has 1 heterocycles. The maximum absolute atomic E-state index is 13.9. The van der Waals surface area contributed by atoms with Crippen LogP contribution in [0, 0.1) is 5.82 Å². The Morgan fingerprint density at radius 3 is 2.64 bits per heavy atom. The molecule has 1 saturated heterocycles. The summed E-state index contributed by atoms with van der Waals surface area (Å²) in [6.07, 6.45) is 3.23. The first kappa shape index (κ1) is 18.4. The highest BCUT2D eigenvalue weighted by atomic mass is 79.9. The van der Waals surface area contributed by atoms with Crippen LogP contribution < -0.4 is 0 Å². The Hall–Kier alpha value is -1.37. The molecule has 1 aromatic rings. The van der Waals surface area contributed by atoms with Crippen LogP contribution in [0.4, 0.5) is 4.39 Å². The minimum absolute atomic E-state index is 0.0462. The zero-order valence-corrected chi connectivity index (χ0v) is 15.9. The second-order valence-electron chi connectivity index (χ2n) is 5.93.